The van der Waals surface area contributed by atoms with Crippen LogP contribution in [0.4, 0.5) is 0 Å². The number of hydrogen-bond acceptors (Lipinski definition) is 2. The average molecular weight is 300 g/mol. The molecule has 0 radical (unpaired) electrons. The number of benzene rings is 1. The van der Waals surface area contributed by atoms with Gasteiger partial charge >= 0.3 is 0 Å². The predicted octanol–water partition coefficient (Wildman–Crippen LogP) is 4.78. The first-order valence-electron chi connectivity index (χ1n) is 8.29. The van der Waals surface area contributed by atoms with Crippen LogP contribution in [0.2, 0.25) is 0 Å². The molecule has 4 aliphatic carbocycles. The number of rotatable bonds is 2. The van der Waals surface area contributed by atoms with Crippen molar-refractivity contribution in [3.05, 3.63) is 34.9 Å². The summed E-state index contributed by atoms with van der Waals surface area (Å²) in [7, 11) is 1.67. The number of thiocarbonyl (C=S) groups is 1. The van der Waals surface area contributed by atoms with Crippen LogP contribution >= 0.6 is 12.2 Å². The highest BCUT2D eigenvalue weighted by atomic mass is 32.1. The normalized spacial score (nSPS) is 36.8. The van der Waals surface area contributed by atoms with Gasteiger partial charge in [0, 0.05) is 5.56 Å². The van der Waals surface area contributed by atoms with Crippen LogP contribution in [0.3, 0.4) is 0 Å². The third-order valence-corrected chi connectivity index (χ3v) is 6.67. The molecular weight excluding hydrogens is 276 g/mol. The molecule has 0 atom stereocenters. The maximum atomic E-state index is 5.35. The summed E-state index contributed by atoms with van der Waals surface area (Å²) in [5, 5.41) is 0.626. The molecule has 0 unspecified atom stereocenters. The topological polar surface area (TPSA) is 9.23 Å². The first-order chi connectivity index (χ1) is 10.1. The second kappa shape index (κ2) is 4.81. The first-order valence-corrected chi connectivity index (χ1v) is 8.70. The van der Waals surface area contributed by atoms with E-state index >= 15 is 0 Å². The van der Waals surface area contributed by atoms with Gasteiger partial charge in [0.15, 0.2) is 5.05 Å². The molecule has 0 aliphatic heterocycles. The molecule has 21 heavy (non-hydrogen) atoms. The van der Waals surface area contributed by atoms with Gasteiger partial charge in [0.2, 0.25) is 0 Å². The Morgan fingerprint density at radius 2 is 1.67 bits per heavy atom. The van der Waals surface area contributed by atoms with Crippen LogP contribution in [-0.2, 0) is 10.2 Å². The molecule has 2 heteroatoms. The van der Waals surface area contributed by atoms with E-state index < -0.39 is 0 Å². The molecule has 0 amide bonds. The number of ether oxygens (including phenoxy) is 1. The van der Waals surface area contributed by atoms with E-state index in [1.54, 1.807) is 12.7 Å². The van der Waals surface area contributed by atoms with Gasteiger partial charge in [-0.25, -0.2) is 0 Å². The number of aryl methyl sites for hydroxylation is 1. The molecule has 5 rings (SSSR count). The summed E-state index contributed by atoms with van der Waals surface area (Å²) in [5.41, 5.74) is 4.54. The van der Waals surface area contributed by atoms with Crippen molar-refractivity contribution in [1.82, 2.24) is 0 Å². The summed E-state index contributed by atoms with van der Waals surface area (Å²) < 4.78 is 5.28. The lowest BCUT2D eigenvalue weighted by atomic mass is 9.47. The van der Waals surface area contributed by atoms with Crippen LogP contribution in [0.15, 0.2) is 18.2 Å². The molecule has 4 fully saturated rings. The van der Waals surface area contributed by atoms with Crippen molar-refractivity contribution >= 4 is 17.3 Å². The third kappa shape index (κ3) is 2.14. The van der Waals surface area contributed by atoms with Gasteiger partial charge in [0.1, 0.15) is 0 Å². The second-order valence-corrected chi connectivity index (χ2v) is 8.09. The summed E-state index contributed by atoms with van der Waals surface area (Å²) in [5.74, 6) is 2.94. The summed E-state index contributed by atoms with van der Waals surface area (Å²) in [6.45, 7) is 2.27. The largest absolute Gasteiger partial charge is 0.486 e. The lowest BCUT2D eigenvalue weighted by molar-refractivity contribution is -0.00547. The molecule has 4 saturated carbocycles. The fourth-order valence-corrected chi connectivity index (χ4v) is 6.01. The minimum absolute atomic E-state index is 0.443. The number of hydrogen-bond donors (Lipinski definition) is 0. The van der Waals surface area contributed by atoms with Crippen molar-refractivity contribution in [3.8, 4) is 0 Å². The maximum Gasteiger partial charge on any atom is 0.190 e. The Balaban J connectivity index is 1.77. The molecule has 0 saturated heterocycles. The molecule has 0 N–H and O–H groups in total. The Kier molecular flexibility index (Phi) is 3.15. The van der Waals surface area contributed by atoms with E-state index in [-0.39, 0.29) is 0 Å². The molecule has 112 valence electrons. The lowest BCUT2D eigenvalue weighted by Gasteiger charge is -2.57. The Morgan fingerprint density at radius 1 is 1.10 bits per heavy atom. The Hall–Kier alpha value is -0.890. The molecule has 1 nitrogen and oxygen atoms in total. The van der Waals surface area contributed by atoms with Gasteiger partial charge in [0.25, 0.3) is 0 Å². The van der Waals surface area contributed by atoms with Crippen molar-refractivity contribution in [3.63, 3.8) is 0 Å². The molecule has 4 bridgehead atoms. The standard InChI is InChI=1S/C19H24OS/c1-12-3-4-16(18(21)20-2)8-17(12)19-9-13-5-14(10-19)7-15(6-13)11-19/h3-4,8,13-15H,5-7,9-11H2,1-2H3. The highest BCUT2D eigenvalue weighted by Gasteiger charge is 2.51. The van der Waals surface area contributed by atoms with E-state index in [2.05, 4.69) is 25.1 Å². The van der Waals surface area contributed by atoms with Gasteiger partial charge in [-0.15, -0.1) is 0 Å². The maximum absolute atomic E-state index is 5.35. The quantitative estimate of drug-likeness (QED) is 0.727. The van der Waals surface area contributed by atoms with E-state index in [0.29, 0.717) is 10.5 Å². The van der Waals surface area contributed by atoms with Crippen molar-refractivity contribution in [2.24, 2.45) is 17.8 Å². The van der Waals surface area contributed by atoms with E-state index in [9.17, 15) is 0 Å². The summed E-state index contributed by atoms with van der Waals surface area (Å²) in [6.07, 6.45) is 8.70. The zero-order valence-corrected chi connectivity index (χ0v) is 13.8. The Bertz CT molecular complexity index is 554. The highest BCUT2D eigenvalue weighted by Crippen LogP contribution is 2.61. The van der Waals surface area contributed by atoms with Crippen LogP contribution < -0.4 is 0 Å². The van der Waals surface area contributed by atoms with E-state index in [4.69, 9.17) is 17.0 Å². The monoisotopic (exact) mass is 300 g/mol. The van der Waals surface area contributed by atoms with Gasteiger partial charge < -0.3 is 4.74 Å². The zero-order valence-electron chi connectivity index (χ0n) is 13.0. The van der Waals surface area contributed by atoms with Gasteiger partial charge in [0.05, 0.1) is 7.11 Å². The SMILES string of the molecule is COC(=S)c1ccc(C)c(C23CC4CC(CC(C4)C2)C3)c1. The molecule has 0 aromatic heterocycles. The molecule has 1 aromatic rings. The van der Waals surface area contributed by atoms with Crippen molar-refractivity contribution < 1.29 is 4.74 Å². The van der Waals surface area contributed by atoms with Crippen molar-refractivity contribution in [1.29, 1.82) is 0 Å². The van der Waals surface area contributed by atoms with E-state index in [0.717, 1.165) is 23.3 Å². The lowest BCUT2D eigenvalue weighted by Crippen LogP contribution is -2.48. The van der Waals surface area contributed by atoms with Crippen LogP contribution in [-0.4, -0.2) is 12.2 Å². The zero-order chi connectivity index (χ0) is 14.6. The van der Waals surface area contributed by atoms with Gasteiger partial charge in [-0.05, 0) is 98.0 Å². The molecule has 4 aliphatic rings. The van der Waals surface area contributed by atoms with Crippen LogP contribution in [0, 0.1) is 24.7 Å². The van der Waals surface area contributed by atoms with E-state index in [1.807, 2.05) is 0 Å². The summed E-state index contributed by atoms with van der Waals surface area (Å²) >= 11 is 5.35. The molecule has 0 heterocycles. The minimum atomic E-state index is 0.443. The smallest absolute Gasteiger partial charge is 0.190 e. The molecular formula is C19H24OS. The van der Waals surface area contributed by atoms with Gasteiger partial charge in [-0.1, -0.05) is 12.1 Å². The van der Waals surface area contributed by atoms with Crippen molar-refractivity contribution in [2.45, 2.75) is 50.9 Å². The van der Waals surface area contributed by atoms with Crippen LogP contribution in [0.25, 0.3) is 0 Å². The van der Waals surface area contributed by atoms with Gasteiger partial charge in [-0.2, -0.15) is 0 Å². The minimum Gasteiger partial charge on any atom is -0.486 e. The predicted molar refractivity (Wildman–Crippen MR) is 89.7 cm³/mol. The summed E-state index contributed by atoms with van der Waals surface area (Å²) in [6, 6.07) is 6.70. The Labute approximate surface area is 133 Å². The fourth-order valence-electron chi connectivity index (χ4n) is 5.88. The molecule has 0 spiro atoms. The Morgan fingerprint density at radius 3 is 2.19 bits per heavy atom. The average Bonchev–Trinajstić information content (AvgIpc) is 2.45. The fraction of sp³-hybridized carbons (Fsp3) is 0.632. The first kappa shape index (κ1) is 13.8. The molecule has 1 aromatic carbocycles. The van der Waals surface area contributed by atoms with Crippen molar-refractivity contribution in [2.75, 3.05) is 7.11 Å². The summed E-state index contributed by atoms with van der Waals surface area (Å²) in [4.78, 5) is 0. The third-order valence-electron chi connectivity index (χ3n) is 6.27. The van der Waals surface area contributed by atoms with Crippen LogP contribution in [0.1, 0.15) is 55.2 Å². The second-order valence-electron chi connectivity index (χ2n) is 7.72. The van der Waals surface area contributed by atoms with Gasteiger partial charge in [-0.3, -0.25) is 0 Å². The van der Waals surface area contributed by atoms with E-state index in [1.165, 1.54) is 44.1 Å². The van der Waals surface area contributed by atoms with Crippen LogP contribution in [0.5, 0.6) is 0 Å². The number of methoxy groups -OCH3 is 1. The highest BCUT2D eigenvalue weighted by molar-refractivity contribution is 7.80.